The molecule has 1 aliphatic rings. The second-order valence-corrected chi connectivity index (χ2v) is 10.8. The molecule has 0 bridgehead atoms. The first kappa shape index (κ1) is 22.3. The molecule has 11 heteroatoms. The number of benzene rings is 1. The zero-order valence-corrected chi connectivity index (χ0v) is 19.4. The Kier molecular flexibility index (Phi) is 5.72. The molecule has 0 radical (unpaired) electrons. The Hall–Kier alpha value is -2.92. The average Bonchev–Trinajstić information content (AvgIpc) is 3.36. The largest absolute Gasteiger partial charge is 0.325 e. The number of H-pyrrole nitrogens is 2. The third kappa shape index (κ3) is 4.35. The first-order chi connectivity index (χ1) is 15.0. The number of hydrogen-bond donors (Lipinski definition) is 3. The van der Waals surface area contributed by atoms with E-state index < -0.39 is 15.9 Å². The number of hydrogen-bond acceptors (Lipinski definition) is 6. The normalized spacial score (nSPS) is 19.0. The highest BCUT2D eigenvalue weighted by molar-refractivity contribution is 7.91. The maximum atomic E-state index is 12.8. The van der Waals surface area contributed by atoms with E-state index >= 15 is 0 Å². The number of aryl methyl sites for hydroxylation is 1. The zero-order valence-electron chi connectivity index (χ0n) is 18.6. The molecule has 10 nitrogen and oxygen atoms in total. The smallest absolute Gasteiger partial charge is 0.323 e. The van der Waals surface area contributed by atoms with Gasteiger partial charge in [-0.25, -0.2) is 13.2 Å². The second kappa shape index (κ2) is 8.21. The van der Waals surface area contributed by atoms with Crippen LogP contribution in [0.2, 0.25) is 0 Å². The summed E-state index contributed by atoms with van der Waals surface area (Å²) in [6, 6.07) is 4.64. The zero-order chi connectivity index (χ0) is 23.2. The van der Waals surface area contributed by atoms with Gasteiger partial charge in [0.15, 0.2) is 9.84 Å². The molecule has 4 rings (SSSR count). The van der Waals surface area contributed by atoms with Crippen LogP contribution in [0.3, 0.4) is 0 Å². The Morgan fingerprint density at radius 3 is 2.72 bits per heavy atom. The highest BCUT2D eigenvalue weighted by Gasteiger charge is 2.32. The number of rotatable bonds is 6. The molecule has 2 atom stereocenters. The monoisotopic (exact) mass is 460 g/mol. The van der Waals surface area contributed by atoms with Crippen molar-refractivity contribution in [2.45, 2.75) is 45.8 Å². The third-order valence-corrected chi connectivity index (χ3v) is 8.01. The van der Waals surface area contributed by atoms with Crippen molar-refractivity contribution >= 4 is 32.5 Å². The molecule has 32 heavy (non-hydrogen) atoms. The van der Waals surface area contributed by atoms with Crippen molar-refractivity contribution in [3.8, 4) is 0 Å². The van der Waals surface area contributed by atoms with Gasteiger partial charge in [-0.05, 0) is 52.4 Å². The lowest BCUT2D eigenvalue weighted by Gasteiger charge is -2.24. The van der Waals surface area contributed by atoms with Gasteiger partial charge in [-0.15, -0.1) is 0 Å². The Bertz CT molecular complexity index is 1340. The van der Waals surface area contributed by atoms with E-state index in [2.05, 4.69) is 20.4 Å². The van der Waals surface area contributed by atoms with Gasteiger partial charge in [0.1, 0.15) is 0 Å². The van der Waals surface area contributed by atoms with E-state index in [1.165, 1.54) is 0 Å². The standard InChI is InChI=1S/C21H28N6O4S/c1-12-17(13(2)27(25-12)16-7-8-32(30,31)11-16)10-26(4)14(3)20(28)22-15-5-6-18-19(9-15)24-21(29)23-18/h5-6,9,14,16H,7-8,10-11H2,1-4H3,(H,22,28)(H2,23,24,29). The minimum atomic E-state index is -3.00. The maximum absolute atomic E-state index is 12.8. The van der Waals surface area contributed by atoms with Gasteiger partial charge in [-0.2, -0.15) is 5.10 Å². The van der Waals surface area contributed by atoms with Crippen LogP contribution >= 0.6 is 0 Å². The molecule has 0 spiro atoms. The van der Waals surface area contributed by atoms with Gasteiger partial charge >= 0.3 is 5.69 Å². The molecule has 3 aromatic rings. The number of imidazole rings is 1. The molecule has 1 aliphatic heterocycles. The van der Waals surface area contributed by atoms with E-state index in [0.717, 1.165) is 17.0 Å². The summed E-state index contributed by atoms with van der Waals surface area (Å²) in [7, 11) is -1.13. The molecule has 1 amide bonds. The molecule has 172 valence electrons. The fraction of sp³-hybridized carbons (Fsp3) is 0.476. The summed E-state index contributed by atoms with van der Waals surface area (Å²) in [6.45, 7) is 6.19. The Balaban J connectivity index is 1.45. The highest BCUT2D eigenvalue weighted by Crippen LogP contribution is 2.27. The molecule has 0 aliphatic carbocycles. The number of carbonyl (C=O) groups excluding carboxylic acids is 1. The van der Waals surface area contributed by atoms with Gasteiger partial charge in [-0.1, -0.05) is 0 Å². The number of nitrogens with zero attached hydrogens (tertiary/aromatic N) is 3. The summed E-state index contributed by atoms with van der Waals surface area (Å²) in [4.78, 5) is 31.5. The van der Waals surface area contributed by atoms with Crippen LogP contribution in [-0.2, 0) is 21.2 Å². The predicted octanol–water partition coefficient (Wildman–Crippen LogP) is 1.49. The molecule has 2 aromatic heterocycles. The molecule has 2 unspecified atom stereocenters. The molecular weight excluding hydrogens is 432 g/mol. The SMILES string of the molecule is Cc1nn(C2CCS(=O)(=O)C2)c(C)c1CN(C)C(C)C(=O)Nc1ccc2[nH]c(=O)[nH]c2c1. The quantitative estimate of drug-likeness (QED) is 0.510. The molecule has 3 N–H and O–H groups in total. The average molecular weight is 461 g/mol. The first-order valence-electron chi connectivity index (χ1n) is 10.5. The van der Waals surface area contributed by atoms with E-state index in [1.54, 1.807) is 18.2 Å². The number of sulfone groups is 1. The molecule has 3 heterocycles. The number of nitrogens with one attached hydrogen (secondary N) is 3. The summed E-state index contributed by atoms with van der Waals surface area (Å²) in [5.74, 6) is 0.152. The van der Waals surface area contributed by atoms with E-state index in [1.807, 2.05) is 37.4 Å². The van der Waals surface area contributed by atoms with Crippen LogP contribution in [0.1, 0.15) is 36.3 Å². The van der Waals surface area contributed by atoms with Crippen molar-refractivity contribution in [2.24, 2.45) is 0 Å². The fourth-order valence-electron chi connectivity index (χ4n) is 4.19. The summed E-state index contributed by atoms with van der Waals surface area (Å²) in [5.41, 5.74) is 4.39. The molecular formula is C21H28N6O4S. The van der Waals surface area contributed by atoms with Gasteiger partial charge in [0, 0.05) is 23.5 Å². The van der Waals surface area contributed by atoms with E-state index in [9.17, 15) is 18.0 Å². The van der Waals surface area contributed by atoms with Crippen molar-refractivity contribution in [1.82, 2.24) is 24.6 Å². The third-order valence-electron chi connectivity index (χ3n) is 6.26. The van der Waals surface area contributed by atoms with Gasteiger partial charge < -0.3 is 15.3 Å². The van der Waals surface area contributed by atoms with Crippen molar-refractivity contribution in [3.63, 3.8) is 0 Å². The highest BCUT2D eigenvalue weighted by atomic mass is 32.2. The number of likely N-dealkylation sites (N-methyl/N-ethyl adjacent to an activating group) is 1. The van der Waals surface area contributed by atoms with Crippen LogP contribution in [0, 0.1) is 13.8 Å². The number of aromatic amines is 2. The minimum absolute atomic E-state index is 0.125. The molecule has 1 saturated heterocycles. The van der Waals surface area contributed by atoms with Crippen molar-refractivity contribution in [1.29, 1.82) is 0 Å². The van der Waals surface area contributed by atoms with E-state index in [4.69, 9.17) is 0 Å². The lowest BCUT2D eigenvalue weighted by molar-refractivity contribution is -0.120. The van der Waals surface area contributed by atoms with Crippen LogP contribution in [0.25, 0.3) is 11.0 Å². The summed E-state index contributed by atoms with van der Waals surface area (Å²) < 4.78 is 25.6. The summed E-state index contributed by atoms with van der Waals surface area (Å²) >= 11 is 0. The first-order valence-corrected chi connectivity index (χ1v) is 12.3. The van der Waals surface area contributed by atoms with Crippen LogP contribution in [0.15, 0.2) is 23.0 Å². The second-order valence-electron chi connectivity index (χ2n) is 8.57. The number of amides is 1. The molecule has 0 saturated carbocycles. The van der Waals surface area contributed by atoms with Crippen molar-refractivity contribution in [3.05, 3.63) is 45.6 Å². The van der Waals surface area contributed by atoms with E-state index in [0.29, 0.717) is 29.7 Å². The van der Waals surface area contributed by atoms with Gasteiger partial charge in [0.25, 0.3) is 0 Å². The summed E-state index contributed by atoms with van der Waals surface area (Å²) in [5, 5.41) is 7.50. The fourth-order valence-corrected chi connectivity index (χ4v) is 5.89. The van der Waals surface area contributed by atoms with Crippen LogP contribution < -0.4 is 11.0 Å². The predicted molar refractivity (Wildman–Crippen MR) is 122 cm³/mol. The van der Waals surface area contributed by atoms with Gasteiger partial charge in [0.2, 0.25) is 5.91 Å². The van der Waals surface area contributed by atoms with Gasteiger partial charge in [0.05, 0.1) is 40.3 Å². The lowest BCUT2D eigenvalue weighted by atomic mass is 10.1. The Morgan fingerprint density at radius 2 is 2.03 bits per heavy atom. The van der Waals surface area contributed by atoms with Crippen molar-refractivity contribution < 1.29 is 13.2 Å². The maximum Gasteiger partial charge on any atom is 0.323 e. The Morgan fingerprint density at radius 1 is 1.31 bits per heavy atom. The molecule has 1 fully saturated rings. The number of fused-ring (bicyclic) bond motifs is 1. The van der Waals surface area contributed by atoms with Crippen molar-refractivity contribution in [2.75, 3.05) is 23.9 Å². The van der Waals surface area contributed by atoms with Crippen LogP contribution in [0.5, 0.6) is 0 Å². The van der Waals surface area contributed by atoms with E-state index in [-0.39, 0.29) is 29.1 Å². The van der Waals surface area contributed by atoms with Crippen LogP contribution in [0.4, 0.5) is 5.69 Å². The molecule has 1 aromatic carbocycles. The number of carbonyl (C=O) groups is 1. The van der Waals surface area contributed by atoms with Gasteiger partial charge in [-0.3, -0.25) is 14.4 Å². The van der Waals surface area contributed by atoms with Crippen LogP contribution in [-0.4, -0.2) is 63.6 Å². The summed E-state index contributed by atoms with van der Waals surface area (Å²) in [6.07, 6.45) is 0.579. The minimum Gasteiger partial charge on any atom is -0.325 e. The Labute approximate surface area is 185 Å². The lowest BCUT2D eigenvalue weighted by Crippen LogP contribution is -2.39. The topological polar surface area (TPSA) is 133 Å². The number of anilines is 1. The number of aromatic nitrogens is 4.